The Morgan fingerprint density at radius 3 is 2.39 bits per heavy atom. The van der Waals surface area contributed by atoms with Crippen LogP contribution in [0.2, 0.25) is 0 Å². The van der Waals surface area contributed by atoms with Crippen LogP contribution in [0.1, 0.15) is 46.0 Å². The van der Waals surface area contributed by atoms with Gasteiger partial charge in [0.15, 0.2) is 0 Å². The van der Waals surface area contributed by atoms with Crippen molar-refractivity contribution in [1.29, 1.82) is 0 Å². The van der Waals surface area contributed by atoms with Crippen molar-refractivity contribution >= 4 is 11.8 Å². The second kappa shape index (κ2) is 5.72. The third-order valence-electron chi connectivity index (χ3n) is 4.58. The predicted molar refractivity (Wildman–Crippen MR) is 69.9 cm³/mol. The van der Waals surface area contributed by atoms with Crippen LogP contribution in [0.4, 0.5) is 0 Å². The van der Waals surface area contributed by atoms with E-state index in [2.05, 4.69) is 12.2 Å². The molecule has 102 valence electrons. The van der Waals surface area contributed by atoms with E-state index in [1.807, 2.05) is 6.92 Å². The molecule has 1 aliphatic heterocycles. The Morgan fingerprint density at radius 2 is 1.78 bits per heavy atom. The molecule has 0 aromatic rings. The Hall–Kier alpha value is -1.06. The highest BCUT2D eigenvalue weighted by Crippen LogP contribution is 2.31. The largest absolute Gasteiger partial charge is 0.345 e. The molecule has 2 fully saturated rings. The van der Waals surface area contributed by atoms with Crippen molar-refractivity contribution in [2.75, 3.05) is 13.1 Å². The van der Waals surface area contributed by atoms with Crippen LogP contribution in [0.15, 0.2) is 0 Å². The van der Waals surface area contributed by atoms with Gasteiger partial charge in [-0.1, -0.05) is 26.2 Å². The van der Waals surface area contributed by atoms with Crippen LogP contribution in [0.5, 0.6) is 0 Å². The summed E-state index contributed by atoms with van der Waals surface area (Å²) in [6.45, 7) is 5.02. The fourth-order valence-electron chi connectivity index (χ4n) is 3.13. The summed E-state index contributed by atoms with van der Waals surface area (Å²) >= 11 is 0. The first kappa shape index (κ1) is 13.4. The molecule has 0 spiro atoms. The normalized spacial score (nSPS) is 33.4. The molecule has 1 atom stereocenters. The van der Waals surface area contributed by atoms with Gasteiger partial charge < -0.3 is 10.2 Å². The second-order valence-electron chi connectivity index (χ2n) is 5.73. The molecule has 4 nitrogen and oxygen atoms in total. The van der Waals surface area contributed by atoms with Gasteiger partial charge in [-0.05, 0) is 31.6 Å². The zero-order valence-corrected chi connectivity index (χ0v) is 11.4. The molecule has 0 aromatic heterocycles. The van der Waals surface area contributed by atoms with E-state index in [1.54, 1.807) is 4.90 Å². The van der Waals surface area contributed by atoms with Gasteiger partial charge in [-0.25, -0.2) is 0 Å². The summed E-state index contributed by atoms with van der Waals surface area (Å²) in [6, 6.07) is -0.296. The molecule has 1 unspecified atom stereocenters. The summed E-state index contributed by atoms with van der Waals surface area (Å²) in [6.07, 6.45) is 6.25. The van der Waals surface area contributed by atoms with E-state index in [4.69, 9.17) is 0 Å². The van der Waals surface area contributed by atoms with Crippen LogP contribution >= 0.6 is 0 Å². The van der Waals surface area contributed by atoms with E-state index in [1.165, 1.54) is 32.1 Å². The Kier molecular flexibility index (Phi) is 4.25. The van der Waals surface area contributed by atoms with Crippen molar-refractivity contribution in [3.8, 4) is 0 Å². The number of piperazine rings is 1. The van der Waals surface area contributed by atoms with Gasteiger partial charge in [0.05, 0.1) is 6.54 Å². The monoisotopic (exact) mass is 252 g/mol. The maximum atomic E-state index is 11.9. The van der Waals surface area contributed by atoms with Gasteiger partial charge in [0.1, 0.15) is 6.04 Å². The van der Waals surface area contributed by atoms with Crippen molar-refractivity contribution in [3.05, 3.63) is 0 Å². The fourth-order valence-corrected chi connectivity index (χ4v) is 3.13. The Morgan fingerprint density at radius 1 is 1.17 bits per heavy atom. The number of hydrogen-bond acceptors (Lipinski definition) is 2. The molecule has 1 N–H and O–H groups in total. The molecule has 0 bridgehead atoms. The number of rotatable bonds is 3. The Balaban J connectivity index is 1.88. The smallest absolute Gasteiger partial charge is 0.242 e. The molecular weight excluding hydrogens is 228 g/mol. The van der Waals surface area contributed by atoms with Gasteiger partial charge in [-0.2, -0.15) is 0 Å². The molecule has 1 aliphatic carbocycles. The van der Waals surface area contributed by atoms with Crippen LogP contribution in [-0.4, -0.2) is 35.8 Å². The molecule has 2 rings (SSSR count). The minimum Gasteiger partial charge on any atom is -0.345 e. The first-order valence-corrected chi connectivity index (χ1v) is 7.19. The van der Waals surface area contributed by atoms with Crippen molar-refractivity contribution in [3.63, 3.8) is 0 Å². The van der Waals surface area contributed by atoms with Crippen LogP contribution in [-0.2, 0) is 9.59 Å². The van der Waals surface area contributed by atoms with Crippen molar-refractivity contribution in [2.45, 2.75) is 52.0 Å². The summed E-state index contributed by atoms with van der Waals surface area (Å²) in [5.74, 6) is 1.51. The summed E-state index contributed by atoms with van der Waals surface area (Å²) in [5, 5.41) is 2.63. The molecular formula is C14H24N2O2. The van der Waals surface area contributed by atoms with Crippen LogP contribution in [0.25, 0.3) is 0 Å². The summed E-state index contributed by atoms with van der Waals surface area (Å²) in [5.41, 5.74) is 0. The molecule has 0 radical (unpaired) electrons. The lowest BCUT2D eigenvalue weighted by Crippen LogP contribution is -2.58. The number of carbonyl (C=O) groups is 2. The molecule has 1 heterocycles. The molecule has 2 amide bonds. The molecule has 4 heteroatoms. The maximum Gasteiger partial charge on any atom is 0.242 e. The van der Waals surface area contributed by atoms with Crippen molar-refractivity contribution in [1.82, 2.24) is 10.2 Å². The Labute approximate surface area is 109 Å². The minimum atomic E-state index is -0.296. The van der Waals surface area contributed by atoms with Gasteiger partial charge in [0, 0.05) is 6.54 Å². The van der Waals surface area contributed by atoms with E-state index in [-0.39, 0.29) is 24.4 Å². The standard InChI is InChI=1S/C14H24N2O2/c1-3-11-4-6-12(7-5-11)9-16-10(2)14(18)15-8-13(16)17/h10-12H,3-9H2,1-2H3,(H,15,18). The third-order valence-corrected chi connectivity index (χ3v) is 4.58. The van der Waals surface area contributed by atoms with Crippen molar-refractivity contribution < 1.29 is 9.59 Å². The lowest BCUT2D eigenvalue weighted by Gasteiger charge is -2.37. The maximum absolute atomic E-state index is 11.9. The number of hydrogen-bond donors (Lipinski definition) is 1. The summed E-state index contributed by atoms with van der Waals surface area (Å²) < 4.78 is 0. The topological polar surface area (TPSA) is 49.4 Å². The zero-order valence-electron chi connectivity index (χ0n) is 11.4. The minimum absolute atomic E-state index is 0.0168. The molecule has 2 aliphatic rings. The molecule has 1 saturated carbocycles. The molecule has 1 saturated heterocycles. The van der Waals surface area contributed by atoms with E-state index in [0.717, 1.165) is 12.5 Å². The number of nitrogens with zero attached hydrogens (tertiary/aromatic N) is 1. The first-order chi connectivity index (χ1) is 8.61. The highest BCUT2D eigenvalue weighted by Gasteiger charge is 2.33. The van der Waals surface area contributed by atoms with Crippen molar-refractivity contribution in [2.24, 2.45) is 11.8 Å². The highest BCUT2D eigenvalue weighted by molar-refractivity contribution is 5.94. The third kappa shape index (κ3) is 2.85. The molecule has 18 heavy (non-hydrogen) atoms. The predicted octanol–water partition coefficient (Wildman–Crippen LogP) is 1.55. The van der Waals surface area contributed by atoms with E-state index in [9.17, 15) is 9.59 Å². The van der Waals surface area contributed by atoms with Gasteiger partial charge in [-0.3, -0.25) is 9.59 Å². The highest BCUT2D eigenvalue weighted by atomic mass is 16.2. The summed E-state index contributed by atoms with van der Waals surface area (Å²) in [4.78, 5) is 25.2. The van der Waals surface area contributed by atoms with E-state index in [0.29, 0.717) is 5.92 Å². The van der Waals surface area contributed by atoms with Crippen LogP contribution in [0.3, 0.4) is 0 Å². The van der Waals surface area contributed by atoms with Crippen LogP contribution < -0.4 is 5.32 Å². The molecule has 0 aromatic carbocycles. The number of nitrogens with one attached hydrogen (secondary N) is 1. The van der Waals surface area contributed by atoms with Crippen LogP contribution in [0, 0.1) is 11.8 Å². The average molecular weight is 252 g/mol. The summed E-state index contributed by atoms with van der Waals surface area (Å²) in [7, 11) is 0. The van der Waals surface area contributed by atoms with E-state index < -0.39 is 0 Å². The average Bonchev–Trinajstić information content (AvgIpc) is 2.40. The first-order valence-electron chi connectivity index (χ1n) is 7.19. The lowest BCUT2D eigenvalue weighted by molar-refractivity contribution is -0.145. The lowest BCUT2D eigenvalue weighted by atomic mass is 9.80. The number of amides is 2. The van der Waals surface area contributed by atoms with Gasteiger partial charge in [0.25, 0.3) is 0 Å². The second-order valence-corrected chi connectivity index (χ2v) is 5.73. The van der Waals surface area contributed by atoms with E-state index >= 15 is 0 Å². The zero-order chi connectivity index (χ0) is 13.1. The quantitative estimate of drug-likeness (QED) is 0.828. The fraction of sp³-hybridized carbons (Fsp3) is 0.857. The Bertz CT molecular complexity index is 322. The number of carbonyl (C=O) groups excluding carboxylic acids is 2. The van der Waals surface area contributed by atoms with Gasteiger partial charge >= 0.3 is 0 Å². The SMILES string of the molecule is CCC1CCC(CN2C(=O)CNC(=O)C2C)CC1. The van der Waals surface area contributed by atoms with Gasteiger partial charge in [0.2, 0.25) is 11.8 Å². The van der Waals surface area contributed by atoms with Gasteiger partial charge in [-0.15, -0.1) is 0 Å².